The number of nitrogens with zero attached hydrogens (tertiary/aromatic N) is 1. The monoisotopic (exact) mass is 296 g/mol. The van der Waals surface area contributed by atoms with Gasteiger partial charge in [0, 0.05) is 12.6 Å². The molecule has 2 rings (SSSR count). The van der Waals surface area contributed by atoms with Gasteiger partial charge < -0.3 is 10.6 Å². The maximum atomic E-state index is 12.5. The molecule has 1 aromatic rings. The molecule has 20 heavy (non-hydrogen) atoms. The van der Waals surface area contributed by atoms with Crippen molar-refractivity contribution in [2.45, 2.75) is 45.1 Å². The van der Waals surface area contributed by atoms with Crippen LogP contribution in [0.1, 0.15) is 36.8 Å². The van der Waals surface area contributed by atoms with Crippen molar-refractivity contribution in [2.24, 2.45) is 5.73 Å². The predicted molar refractivity (Wildman–Crippen MR) is 85.2 cm³/mol. The summed E-state index contributed by atoms with van der Waals surface area (Å²) in [6, 6.07) is 8.49. The van der Waals surface area contributed by atoms with Crippen LogP contribution < -0.4 is 5.73 Å². The molecule has 0 aliphatic carbocycles. The molecular weight excluding hydrogens is 272 g/mol. The van der Waals surface area contributed by atoms with Gasteiger partial charge in [-0.1, -0.05) is 24.3 Å². The second-order valence-corrected chi connectivity index (χ2v) is 5.42. The van der Waals surface area contributed by atoms with Gasteiger partial charge in [-0.25, -0.2) is 0 Å². The standard InChI is InChI=1S/C16H24N2O.ClH/c1-13-6-2-3-7-14(13)12-16(19)18-11-5-4-8-15(18)9-10-17;/h2-3,6-7,15H,4-5,8-12,17H2,1H3;1H. The summed E-state index contributed by atoms with van der Waals surface area (Å²) in [5.74, 6) is 0.257. The van der Waals surface area contributed by atoms with Crippen LogP contribution in [0.3, 0.4) is 0 Å². The van der Waals surface area contributed by atoms with Crippen molar-refractivity contribution in [3.8, 4) is 0 Å². The minimum absolute atomic E-state index is 0. The zero-order chi connectivity index (χ0) is 13.7. The average molecular weight is 297 g/mol. The number of carbonyl (C=O) groups is 1. The van der Waals surface area contributed by atoms with E-state index in [9.17, 15) is 4.79 Å². The van der Waals surface area contributed by atoms with E-state index in [4.69, 9.17) is 5.73 Å². The first-order valence-corrected chi connectivity index (χ1v) is 7.26. The molecule has 1 heterocycles. The second-order valence-electron chi connectivity index (χ2n) is 5.42. The Labute approximate surface area is 127 Å². The summed E-state index contributed by atoms with van der Waals surface area (Å²) >= 11 is 0. The van der Waals surface area contributed by atoms with E-state index in [1.807, 2.05) is 12.1 Å². The average Bonchev–Trinajstić information content (AvgIpc) is 2.42. The molecule has 1 unspecified atom stereocenters. The van der Waals surface area contributed by atoms with E-state index in [0.29, 0.717) is 19.0 Å². The summed E-state index contributed by atoms with van der Waals surface area (Å²) in [6.07, 6.45) is 4.91. The molecule has 3 nitrogen and oxygen atoms in total. The fraction of sp³-hybridized carbons (Fsp3) is 0.562. The summed E-state index contributed by atoms with van der Waals surface area (Å²) < 4.78 is 0. The zero-order valence-electron chi connectivity index (χ0n) is 12.2. The van der Waals surface area contributed by atoms with Gasteiger partial charge in [0.25, 0.3) is 0 Å². The van der Waals surface area contributed by atoms with Gasteiger partial charge in [0.15, 0.2) is 0 Å². The van der Waals surface area contributed by atoms with E-state index < -0.39 is 0 Å². The lowest BCUT2D eigenvalue weighted by Gasteiger charge is -2.36. The molecule has 1 aliphatic rings. The molecule has 1 aromatic carbocycles. The first kappa shape index (κ1) is 17.0. The lowest BCUT2D eigenvalue weighted by atomic mass is 9.97. The number of benzene rings is 1. The molecule has 0 spiro atoms. The van der Waals surface area contributed by atoms with Crippen LogP contribution in [0.15, 0.2) is 24.3 Å². The van der Waals surface area contributed by atoms with Crippen LogP contribution in [0.5, 0.6) is 0 Å². The molecule has 0 aromatic heterocycles. The molecular formula is C16H25ClN2O. The van der Waals surface area contributed by atoms with Gasteiger partial charge in [0.1, 0.15) is 0 Å². The Hall–Kier alpha value is -1.06. The first-order valence-electron chi connectivity index (χ1n) is 7.26. The Kier molecular flexibility index (Phi) is 7.03. The number of amides is 1. The number of aryl methyl sites for hydroxylation is 1. The van der Waals surface area contributed by atoms with E-state index in [2.05, 4.69) is 24.0 Å². The molecule has 1 atom stereocenters. The maximum absolute atomic E-state index is 12.5. The van der Waals surface area contributed by atoms with Crippen LogP contribution in [0.25, 0.3) is 0 Å². The Morgan fingerprint density at radius 2 is 2.10 bits per heavy atom. The SMILES string of the molecule is Cc1ccccc1CC(=O)N1CCCCC1CCN.Cl. The molecule has 4 heteroatoms. The third-order valence-corrected chi connectivity index (χ3v) is 4.05. The van der Waals surface area contributed by atoms with Crippen LogP contribution in [0, 0.1) is 6.92 Å². The number of piperidine rings is 1. The third-order valence-electron chi connectivity index (χ3n) is 4.05. The number of halogens is 1. The van der Waals surface area contributed by atoms with E-state index in [0.717, 1.165) is 31.4 Å². The summed E-state index contributed by atoms with van der Waals surface area (Å²) in [7, 11) is 0. The van der Waals surface area contributed by atoms with Crippen molar-refractivity contribution in [3.63, 3.8) is 0 Å². The van der Waals surface area contributed by atoms with Gasteiger partial charge in [-0.2, -0.15) is 0 Å². The topological polar surface area (TPSA) is 46.3 Å². The van der Waals surface area contributed by atoms with Crippen molar-refractivity contribution in [1.82, 2.24) is 4.90 Å². The van der Waals surface area contributed by atoms with Crippen LogP contribution in [-0.2, 0) is 11.2 Å². The third kappa shape index (κ3) is 4.22. The highest BCUT2D eigenvalue weighted by atomic mass is 35.5. The molecule has 0 radical (unpaired) electrons. The quantitative estimate of drug-likeness (QED) is 0.928. The largest absolute Gasteiger partial charge is 0.339 e. The zero-order valence-corrected chi connectivity index (χ0v) is 13.0. The van der Waals surface area contributed by atoms with Gasteiger partial charge in [-0.05, 0) is 50.3 Å². The number of likely N-dealkylation sites (tertiary alicyclic amines) is 1. The lowest BCUT2D eigenvalue weighted by Crippen LogP contribution is -2.45. The van der Waals surface area contributed by atoms with Crippen LogP contribution in [0.4, 0.5) is 0 Å². The molecule has 1 fully saturated rings. The number of hydrogen-bond donors (Lipinski definition) is 1. The van der Waals surface area contributed by atoms with Gasteiger partial charge in [-0.3, -0.25) is 4.79 Å². The smallest absolute Gasteiger partial charge is 0.227 e. The minimum atomic E-state index is 0. The van der Waals surface area contributed by atoms with Crippen molar-refractivity contribution in [2.75, 3.05) is 13.1 Å². The highest BCUT2D eigenvalue weighted by Gasteiger charge is 2.25. The number of carbonyl (C=O) groups excluding carboxylic acids is 1. The maximum Gasteiger partial charge on any atom is 0.227 e. The van der Waals surface area contributed by atoms with Crippen LogP contribution in [0.2, 0.25) is 0 Å². The summed E-state index contributed by atoms with van der Waals surface area (Å²) in [6.45, 7) is 3.63. The normalized spacial score (nSPS) is 18.5. The number of rotatable bonds is 4. The molecule has 1 amide bonds. The van der Waals surface area contributed by atoms with Crippen molar-refractivity contribution < 1.29 is 4.79 Å². The second kappa shape index (κ2) is 8.28. The Morgan fingerprint density at radius 1 is 1.35 bits per heavy atom. The summed E-state index contributed by atoms with van der Waals surface area (Å²) in [5.41, 5.74) is 8.00. The lowest BCUT2D eigenvalue weighted by molar-refractivity contribution is -0.134. The van der Waals surface area contributed by atoms with Crippen LogP contribution in [-0.4, -0.2) is 29.9 Å². The van der Waals surface area contributed by atoms with Gasteiger partial charge in [0.05, 0.1) is 6.42 Å². The fourth-order valence-electron chi connectivity index (χ4n) is 2.89. The van der Waals surface area contributed by atoms with Gasteiger partial charge >= 0.3 is 0 Å². The van der Waals surface area contributed by atoms with E-state index in [1.54, 1.807) is 0 Å². The van der Waals surface area contributed by atoms with Crippen LogP contribution >= 0.6 is 12.4 Å². The van der Waals surface area contributed by atoms with E-state index in [1.165, 1.54) is 12.0 Å². The first-order chi connectivity index (χ1) is 9.22. The fourth-order valence-corrected chi connectivity index (χ4v) is 2.89. The Morgan fingerprint density at radius 3 is 2.80 bits per heavy atom. The highest BCUT2D eigenvalue weighted by molar-refractivity contribution is 5.85. The Balaban J connectivity index is 0.00000200. The van der Waals surface area contributed by atoms with Gasteiger partial charge in [-0.15, -0.1) is 12.4 Å². The molecule has 112 valence electrons. The molecule has 1 aliphatic heterocycles. The Bertz CT molecular complexity index is 434. The predicted octanol–water partition coefficient (Wildman–Crippen LogP) is 2.69. The van der Waals surface area contributed by atoms with E-state index >= 15 is 0 Å². The number of nitrogens with two attached hydrogens (primary N) is 1. The van der Waals surface area contributed by atoms with E-state index in [-0.39, 0.29) is 18.3 Å². The van der Waals surface area contributed by atoms with Crippen molar-refractivity contribution in [3.05, 3.63) is 35.4 Å². The summed E-state index contributed by atoms with van der Waals surface area (Å²) in [5, 5.41) is 0. The number of hydrogen-bond acceptors (Lipinski definition) is 2. The molecule has 2 N–H and O–H groups in total. The van der Waals surface area contributed by atoms with Crippen molar-refractivity contribution >= 4 is 18.3 Å². The van der Waals surface area contributed by atoms with Gasteiger partial charge in [0.2, 0.25) is 5.91 Å². The molecule has 0 bridgehead atoms. The summed E-state index contributed by atoms with van der Waals surface area (Å²) in [4.78, 5) is 14.5. The highest BCUT2D eigenvalue weighted by Crippen LogP contribution is 2.21. The van der Waals surface area contributed by atoms with Crippen molar-refractivity contribution in [1.29, 1.82) is 0 Å². The minimum Gasteiger partial charge on any atom is -0.339 e. The molecule has 0 saturated carbocycles. The molecule has 1 saturated heterocycles.